The molecule has 1 heterocycles. The minimum atomic E-state index is -4.85. The number of azide groups is 1. The van der Waals surface area contributed by atoms with Crippen LogP contribution >= 0.6 is 21.6 Å². The third kappa shape index (κ3) is 9.40. The van der Waals surface area contributed by atoms with E-state index in [1.165, 1.54) is 33.7 Å². The van der Waals surface area contributed by atoms with Crippen LogP contribution in [0.25, 0.3) is 10.4 Å². The first-order valence-corrected chi connectivity index (χ1v) is 14.3. The van der Waals surface area contributed by atoms with Gasteiger partial charge in [-0.15, -0.1) is 0 Å². The number of rotatable bonds is 12. The van der Waals surface area contributed by atoms with Crippen molar-refractivity contribution < 1.29 is 32.1 Å². The molecular formula is C25H29F3N4O4S2. The van der Waals surface area contributed by atoms with Crippen molar-refractivity contribution >= 4 is 33.2 Å². The van der Waals surface area contributed by atoms with Crippen LogP contribution in [0.1, 0.15) is 19.4 Å². The van der Waals surface area contributed by atoms with Gasteiger partial charge in [0.05, 0.1) is 30.9 Å². The average Bonchev–Trinajstić information content (AvgIpc) is 2.90. The predicted molar refractivity (Wildman–Crippen MR) is 143 cm³/mol. The first kappa shape index (κ1) is 30.1. The van der Waals surface area contributed by atoms with Gasteiger partial charge in [-0.2, -0.15) is 13.2 Å². The molecule has 0 saturated carbocycles. The van der Waals surface area contributed by atoms with Crippen molar-refractivity contribution in [3.63, 3.8) is 0 Å². The predicted octanol–water partition coefficient (Wildman–Crippen LogP) is 7.50. The fourth-order valence-corrected chi connectivity index (χ4v) is 4.93. The van der Waals surface area contributed by atoms with Crippen LogP contribution in [0.15, 0.2) is 70.8 Å². The minimum Gasteiger partial charge on any atom is -0.441 e. The normalized spacial score (nSPS) is 24.0. The lowest BCUT2D eigenvalue weighted by molar-refractivity contribution is -0.270. The lowest BCUT2D eigenvalue weighted by Gasteiger charge is -2.44. The van der Waals surface area contributed by atoms with Crippen LogP contribution in [-0.2, 0) is 25.6 Å². The van der Waals surface area contributed by atoms with Crippen LogP contribution in [0.2, 0.25) is 0 Å². The summed E-state index contributed by atoms with van der Waals surface area (Å²) in [5.74, 6) is -1.18. The van der Waals surface area contributed by atoms with Crippen molar-refractivity contribution in [2.75, 3.05) is 18.4 Å². The van der Waals surface area contributed by atoms with E-state index in [-0.39, 0.29) is 42.6 Å². The highest BCUT2D eigenvalue weighted by atomic mass is 33.1. The van der Waals surface area contributed by atoms with Crippen molar-refractivity contribution in [3.05, 3.63) is 76.7 Å². The summed E-state index contributed by atoms with van der Waals surface area (Å²) in [4.78, 5) is 6.40. The summed E-state index contributed by atoms with van der Waals surface area (Å²) in [5, 5.41) is 3.43. The summed E-state index contributed by atoms with van der Waals surface area (Å²) in [6.07, 6.45) is -7.55. The van der Waals surface area contributed by atoms with Crippen molar-refractivity contribution in [3.8, 4) is 0 Å². The Balaban J connectivity index is 1.76. The van der Waals surface area contributed by atoms with E-state index in [1.54, 1.807) is 18.2 Å². The molecule has 206 valence electrons. The molecule has 1 aliphatic rings. The van der Waals surface area contributed by atoms with E-state index in [1.807, 2.05) is 44.2 Å². The van der Waals surface area contributed by atoms with Crippen LogP contribution < -0.4 is 0 Å². The molecule has 0 aromatic heterocycles. The van der Waals surface area contributed by atoms with Crippen molar-refractivity contribution in [2.24, 2.45) is 21.9 Å². The maximum absolute atomic E-state index is 14.0. The molecule has 5 atom stereocenters. The number of halogens is 3. The van der Waals surface area contributed by atoms with Gasteiger partial charge in [0.25, 0.3) is 5.90 Å². The van der Waals surface area contributed by atoms with Gasteiger partial charge in [0.15, 0.2) is 0 Å². The Bertz CT molecular complexity index is 1060. The Hall–Kier alpha value is -2.41. The first-order valence-electron chi connectivity index (χ1n) is 11.8. The van der Waals surface area contributed by atoms with Crippen molar-refractivity contribution in [1.29, 1.82) is 0 Å². The molecule has 0 N–H and O–H groups in total. The van der Waals surface area contributed by atoms with Gasteiger partial charge in [0, 0.05) is 4.91 Å². The van der Waals surface area contributed by atoms with Crippen LogP contribution in [0.4, 0.5) is 18.9 Å². The zero-order valence-electron chi connectivity index (χ0n) is 20.9. The Labute approximate surface area is 227 Å². The molecule has 0 bridgehead atoms. The lowest BCUT2D eigenvalue weighted by atomic mass is 9.83. The molecule has 1 aliphatic heterocycles. The highest BCUT2D eigenvalue weighted by Gasteiger charge is 2.47. The molecule has 1 fully saturated rings. The summed E-state index contributed by atoms with van der Waals surface area (Å²) in [6, 6.07) is 17.1. The summed E-state index contributed by atoms with van der Waals surface area (Å²) in [5.41, 5.74) is 9.31. The molecular weight excluding hydrogens is 541 g/mol. The van der Waals surface area contributed by atoms with E-state index in [0.717, 1.165) is 5.56 Å². The smallest absolute Gasteiger partial charge is 0.441 e. The van der Waals surface area contributed by atoms with Gasteiger partial charge in [0.1, 0.15) is 12.0 Å². The summed E-state index contributed by atoms with van der Waals surface area (Å²) in [7, 11) is 2.68. The molecule has 8 nitrogen and oxygen atoms in total. The first-order chi connectivity index (χ1) is 18.3. The van der Waals surface area contributed by atoms with E-state index in [4.69, 9.17) is 24.5 Å². The molecule has 2 aromatic rings. The summed E-state index contributed by atoms with van der Waals surface area (Å²) >= 11 is 0. The molecule has 13 heteroatoms. The number of aliphatic imine (C=N–C) groups is 1. The van der Waals surface area contributed by atoms with E-state index < -0.39 is 30.6 Å². The van der Waals surface area contributed by atoms with Gasteiger partial charge in [0.2, 0.25) is 6.29 Å². The quantitative estimate of drug-likeness (QED) is 0.0383. The van der Waals surface area contributed by atoms with Gasteiger partial charge < -0.3 is 18.9 Å². The number of hydrogen-bond acceptors (Lipinski definition) is 8. The highest BCUT2D eigenvalue weighted by Crippen LogP contribution is 2.36. The van der Waals surface area contributed by atoms with Gasteiger partial charge in [-0.05, 0) is 35.1 Å². The van der Waals surface area contributed by atoms with Crippen LogP contribution in [-0.4, -0.2) is 49.0 Å². The summed E-state index contributed by atoms with van der Waals surface area (Å²) in [6.45, 7) is 4.17. The Morgan fingerprint density at radius 1 is 1.03 bits per heavy atom. The number of ether oxygens (including phenoxy) is 4. The van der Waals surface area contributed by atoms with Crippen LogP contribution in [0.3, 0.4) is 0 Å². The topological polar surface area (TPSA) is 98.0 Å². The Morgan fingerprint density at radius 2 is 1.71 bits per heavy atom. The molecule has 0 radical (unpaired) electrons. The highest BCUT2D eigenvalue weighted by molar-refractivity contribution is 8.76. The SMILES string of the molecule is C[C@@H]1C(COCSSCN=[N+]=[N-])OC(O/C(=N/c2ccccc2)C(F)(F)F)C(OCc2ccccc2)[C@H]1C. The molecule has 2 aromatic carbocycles. The number of para-hydroxylation sites is 1. The lowest BCUT2D eigenvalue weighted by Crippen LogP contribution is -2.54. The Kier molecular flexibility index (Phi) is 12.1. The number of nitrogens with zero attached hydrogens (tertiary/aromatic N) is 4. The summed E-state index contributed by atoms with van der Waals surface area (Å²) < 4.78 is 65.2. The Morgan fingerprint density at radius 3 is 2.37 bits per heavy atom. The fraction of sp³-hybridized carbons (Fsp3) is 0.480. The molecule has 3 unspecified atom stereocenters. The van der Waals surface area contributed by atoms with Gasteiger partial charge in [-0.1, -0.05) is 89.1 Å². The zero-order valence-corrected chi connectivity index (χ0v) is 22.5. The van der Waals surface area contributed by atoms with E-state index in [9.17, 15) is 13.2 Å². The van der Waals surface area contributed by atoms with Gasteiger partial charge in [-0.25, -0.2) is 4.99 Å². The van der Waals surface area contributed by atoms with Crippen molar-refractivity contribution in [1.82, 2.24) is 0 Å². The number of benzene rings is 2. The minimum absolute atomic E-state index is 0.100. The van der Waals surface area contributed by atoms with Crippen molar-refractivity contribution in [2.45, 2.75) is 45.1 Å². The molecule has 0 spiro atoms. The fourth-order valence-electron chi connectivity index (χ4n) is 3.75. The van der Waals surface area contributed by atoms with Gasteiger partial charge in [-0.3, -0.25) is 0 Å². The second kappa shape index (κ2) is 15.2. The third-order valence-electron chi connectivity index (χ3n) is 5.92. The maximum Gasteiger partial charge on any atom is 0.468 e. The molecule has 0 aliphatic carbocycles. The van der Waals surface area contributed by atoms with Crippen LogP contribution in [0, 0.1) is 11.8 Å². The average molecular weight is 571 g/mol. The van der Waals surface area contributed by atoms with Gasteiger partial charge >= 0.3 is 6.18 Å². The second-order valence-corrected chi connectivity index (χ2v) is 10.9. The number of hydrogen-bond donors (Lipinski definition) is 0. The number of alkyl halides is 3. The maximum atomic E-state index is 14.0. The van der Waals surface area contributed by atoms with Crippen LogP contribution in [0.5, 0.6) is 0 Å². The monoisotopic (exact) mass is 570 g/mol. The molecule has 0 amide bonds. The van der Waals surface area contributed by atoms with E-state index in [0.29, 0.717) is 0 Å². The second-order valence-electron chi connectivity index (χ2n) is 8.47. The third-order valence-corrected chi connectivity index (χ3v) is 7.68. The standard InChI is InChI=1S/C25H29F3N4O4S2/c1-17-18(2)22(34-13-19-9-5-3-6-10-19)23(35-21(17)14-33-16-38-37-15-30-32-29)36-24(25(26,27)28)31-20-11-7-4-8-12-20/h3-12,17-18,21-23H,13-16H2,1-2H3/b31-24+/t17-,18-,21?,22?,23?/m0/s1. The van der Waals surface area contributed by atoms with E-state index >= 15 is 0 Å². The zero-order chi connectivity index (χ0) is 27.4. The molecule has 38 heavy (non-hydrogen) atoms. The molecule has 1 saturated heterocycles. The van der Waals surface area contributed by atoms with E-state index in [2.05, 4.69) is 15.0 Å². The largest absolute Gasteiger partial charge is 0.468 e. The molecule has 3 rings (SSSR count).